The van der Waals surface area contributed by atoms with Crippen LogP contribution >= 0.6 is 0 Å². The Morgan fingerprint density at radius 1 is 0.571 bits per heavy atom. The fraction of sp³-hybridized carbons (Fsp3) is 0.948. The van der Waals surface area contributed by atoms with E-state index in [1.54, 1.807) is 38.5 Å². The maximum atomic E-state index is 10.2. The van der Waals surface area contributed by atoms with Gasteiger partial charge in [-0.2, -0.15) is 0 Å². The van der Waals surface area contributed by atoms with Crippen molar-refractivity contribution in [3.05, 3.63) is 12.2 Å². The highest BCUT2D eigenvalue weighted by Gasteiger charge is 2.49. The molecule has 4 saturated carbocycles. The lowest BCUT2D eigenvalue weighted by molar-refractivity contribution is -0.151. The lowest BCUT2D eigenvalue weighted by Gasteiger charge is -2.28. The molecule has 12 unspecified atom stereocenters. The van der Waals surface area contributed by atoms with Crippen LogP contribution < -0.4 is 0 Å². The molecule has 0 aromatic heterocycles. The van der Waals surface area contributed by atoms with Gasteiger partial charge in [0, 0.05) is 18.8 Å². The third-order valence-corrected chi connectivity index (χ3v) is 13.6. The normalized spacial score (nSPS) is 30.8. The fourth-order valence-corrected chi connectivity index (χ4v) is 10.6. The standard InChI is InChI=1S/C12H22O.C10H16.C8H14O2.C8H16.C6H12O2.2C5H12.2C2H6/c1-3-5-9-7-11-12(13-11)8-10(9)6-4-2;1-2-9-7-4-5-8(6-7)10(9)3-1;1-5-3-9-8-6(2)4-10-7(5)8;1-3-5-7-8-6-4-2;1-5(7)8-6(2,3)4;2*1-3-5-4-2;2*1-2/h9-12H,3-8H2,1-2H3;7-10H,1-6H2;5-8H,3-4H2,1-2H3;7-8H,3-6H2,1-2H3;1-4H3;2*3-5H2,1-2H3;2*1-2H3/b;;;8-7-;;;;;. The Balaban J connectivity index is 0. The monoisotopic (exact) mass is 893 g/mol. The number of carbonyl (C=O) groups is 1. The predicted molar refractivity (Wildman–Crippen MR) is 278 cm³/mol. The van der Waals surface area contributed by atoms with Crippen molar-refractivity contribution in [2.24, 2.45) is 47.3 Å². The van der Waals surface area contributed by atoms with Crippen LogP contribution in [0.3, 0.4) is 0 Å². The Kier molecular flexibility index (Phi) is 40.9. The molecule has 3 aliphatic heterocycles. The number of allylic oxidation sites excluding steroid dienone is 2. The number of hydrogen-bond acceptors (Lipinski definition) is 5. The molecule has 3 saturated heterocycles. The first-order chi connectivity index (χ1) is 30.2. The minimum Gasteiger partial charge on any atom is -0.460 e. The molecule has 2 bridgehead atoms. The van der Waals surface area contributed by atoms with Crippen molar-refractivity contribution in [2.45, 2.75) is 296 Å². The molecule has 5 nitrogen and oxygen atoms in total. The van der Waals surface area contributed by atoms with Crippen LogP contribution in [-0.2, 0) is 23.7 Å². The van der Waals surface area contributed by atoms with E-state index in [0.29, 0.717) is 36.3 Å². The van der Waals surface area contributed by atoms with E-state index in [4.69, 9.17) is 18.9 Å². The molecule has 7 fully saturated rings. The molecule has 0 aromatic rings. The van der Waals surface area contributed by atoms with Gasteiger partial charge >= 0.3 is 5.97 Å². The molecule has 63 heavy (non-hydrogen) atoms. The lowest BCUT2D eigenvalue weighted by Crippen LogP contribution is -2.24. The predicted octanol–water partition coefficient (Wildman–Crippen LogP) is 18.2. The average molecular weight is 894 g/mol. The molecule has 0 radical (unpaired) electrons. The summed E-state index contributed by atoms with van der Waals surface area (Å²) < 4.78 is 21.6. The Morgan fingerprint density at radius 3 is 1.22 bits per heavy atom. The van der Waals surface area contributed by atoms with Crippen LogP contribution in [0.15, 0.2) is 12.2 Å². The number of rotatable bonds is 12. The zero-order valence-corrected chi connectivity index (χ0v) is 46.1. The van der Waals surface area contributed by atoms with Crippen molar-refractivity contribution in [2.75, 3.05) is 13.2 Å². The molecular weight excluding hydrogens is 777 g/mol. The van der Waals surface area contributed by atoms with Crippen LogP contribution in [-0.4, -0.2) is 49.2 Å². The van der Waals surface area contributed by atoms with Crippen LogP contribution in [0.1, 0.15) is 266 Å². The van der Waals surface area contributed by atoms with Crippen molar-refractivity contribution in [3.63, 3.8) is 0 Å². The van der Waals surface area contributed by atoms with Gasteiger partial charge in [-0.3, -0.25) is 4.79 Å². The number of hydrogen-bond donors (Lipinski definition) is 0. The van der Waals surface area contributed by atoms with Crippen LogP contribution in [0.5, 0.6) is 0 Å². The summed E-state index contributed by atoms with van der Waals surface area (Å²) in [6, 6.07) is 0. The largest absolute Gasteiger partial charge is 0.460 e. The molecule has 7 aliphatic rings. The van der Waals surface area contributed by atoms with Gasteiger partial charge in [-0.05, 0) is 114 Å². The molecule has 378 valence electrons. The van der Waals surface area contributed by atoms with Gasteiger partial charge in [0.25, 0.3) is 0 Å². The second-order valence-electron chi connectivity index (χ2n) is 20.4. The Bertz CT molecular complexity index is 967. The first-order valence-electron chi connectivity index (χ1n) is 28.0. The summed E-state index contributed by atoms with van der Waals surface area (Å²) in [6.45, 7) is 39.0. The van der Waals surface area contributed by atoms with E-state index < -0.39 is 0 Å². The molecule has 0 spiro atoms. The van der Waals surface area contributed by atoms with Gasteiger partial charge < -0.3 is 18.9 Å². The Morgan fingerprint density at radius 2 is 0.952 bits per heavy atom. The van der Waals surface area contributed by atoms with Gasteiger partial charge in [0.1, 0.15) is 5.60 Å². The van der Waals surface area contributed by atoms with Gasteiger partial charge in [0.05, 0.1) is 37.6 Å². The highest BCUT2D eigenvalue weighted by atomic mass is 16.6. The quantitative estimate of drug-likeness (QED) is 0.111. The van der Waals surface area contributed by atoms with Crippen molar-refractivity contribution >= 4 is 5.97 Å². The van der Waals surface area contributed by atoms with E-state index >= 15 is 0 Å². The van der Waals surface area contributed by atoms with Crippen molar-refractivity contribution in [1.29, 1.82) is 0 Å². The summed E-state index contributed by atoms with van der Waals surface area (Å²) in [6.07, 6.45) is 37.7. The summed E-state index contributed by atoms with van der Waals surface area (Å²) in [4.78, 5) is 10.2. The van der Waals surface area contributed by atoms with E-state index in [0.717, 1.165) is 25.0 Å². The molecule has 3 heterocycles. The first-order valence-corrected chi connectivity index (χ1v) is 28.0. The number of carbonyl (C=O) groups excluding carboxylic acids is 1. The topological polar surface area (TPSA) is 57.3 Å². The zero-order valence-electron chi connectivity index (χ0n) is 46.1. The average Bonchev–Trinajstić information content (AvgIpc) is 3.84. The highest BCUT2D eigenvalue weighted by Crippen LogP contribution is 2.58. The summed E-state index contributed by atoms with van der Waals surface area (Å²) in [5, 5.41) is 0. The zero-order chi connectivity index (χ0) is 48.2. The maximum absolute atomic E-state index is 10.2. The summed E-state index contributed by atoms with van der Waals surface area (Å²) in [5.74, 6) is 7.75. The molecule has 7 rings (SSSR count). The number of ether oxygens (including phenoxy) is 4. The fourth-order valence-electron chi connectivity index (χ4n) is 10.6. The molecule has 0 aromatic carbocycles. The molecular formula is C58H116O5. The highest BCUT2D eigenvalue weighted by molar-refractivity contribution is 5.66. The molecule has 5 heteroatoms. The van der Waals surface area contributed by atoms with Gasteiger partial charge in [-0.15, -0.1) is 0 Å². The number of unbranched alkanes of at least 4 members (excludes halogenated alkanes) is 6. The molecule has 4 aliphatic carbocycles. The minimum atomic E-state index is -0.328. The smallest absolute Gasteiger partial charge is 0.303 e. The van der Waals surface area contributed by atoms with Gasteiger partial charge in [-0.25, -0.2) is 0 Å². The Labute approximate surface area is 396 Å². The Hall–Kier alpha value is -0.910. The van der Waals surface area contributed by atoms with Gasteiger partial charge in [0.2, 0.25) is 0 Å². The van der Waals surface area contributed by atoms with E-state index in [-0.39, 0.29) is 11.6 Å². The third kappa shape index (κ3) is 28.8. The van der Waals surface area contributed by atoms with Crippen molar-refractivity contribution < 1.29 is 23.7 Å². The lowest BCUT2D eigenvalue weighted by atomic mass is 9.75. The maximum Gasteiger partial charge on any atom is 0.303 e. The SMILES string of the molecule is C1CC2C3CCC(C3)C2C1.CC.CC.CC(=O)OC(C)(C)C.CC1COC2C(C)COC12.CCC/C=C\CCC.CCCC1CC2OC2CC1CCC.CCCCC.CCCCC. The number of esters is 1. The summed E-state index contributed by atoms with van der Waals surface area (Å²) in [5.41, 5.74) is -0.328. The first kappa shape index (κ1) is 64.2. The number of fused-ring (bicyclic) bond motifs is 7. The van der Waals surface area contributed by atoms with E-state index in [2.05, 4.69) is 81.4 Å². The third-order valence-electron chi connectivity index (χ3n) is 13.6. The van der Waals surface area contributed by atoms with Crippen LogP contribution in [0.4, 0.5) is 0 Å². The van der Waals surface area contributed by atoms with Gasteiger partial charge in [-0.1, -0.05) is 193 Å². The second-order valence-corrected chi connectivity index (χ2v) is 20.4. The summed E-state index contributed by atoms with van der Waals surface area (Å²) >= 11 is 0. The molecule has 0 N–H and O–H groups in total. The summed E-state index contributed by atoms with van der Waals surface area (Å²) in [7, 11) is 0. The van der Waals surface area contributed by atoms with Crippen molar-refractivity contribution in [3.8, 4) is 0 Å². The van der Waals surface area contributed by atoms with E-state index in [1.807, 2.05) is 48.5 Å². The van der Waals surface area contributed by atoms with Crippen LogP contribution in [0, 0.1) is 47.3 Å². The number of epoxide rings is 1. The molecule has 0 amide bonds. The minimum absolute atomic E-state index is 0.225. The van der Waals surface area contributed by atoms with E-state index in [1.165, 1.54) is 133 Å². The van der Waals surface area contributed by atoms with E-state index in [9.17, 15) is 4.79 Å². The second kappa shape index (κ2) is 40.2. The van der Waals surface area contributed by atoms with Crippen LogP contribution in [0.2, 0.25) is 0 Å². The van der Waals surface area contributed by atoms with Crippen molar-refractivity contribution in [1.82, 2.24) is 0 Å². The molecule has 12 atom stereocenters. The van der Waals surface area contributed by atoms with Crippen LogP contribution in [0.25, 0.3) is 0 Å². The van der Waals surface area contributed by atoms with Gasteiger partial charge in [0.15, 0.2) is 0 Å².